The molecule has 0 saturated carbocycles. The van der Waals surface area contributed by atoms with E-state index < -0.39 is 0 Å². The van der Waals surface area contributed by atoms with Gasteiger partial charge in [0.1, 0.15) is 24.5 Å². The Labute approximate surface area is 208 Å². The molecule has 4 aromatic rings. The van der Waals surface area contributed by atoms with Crippen LogP contribution in [-0.2, 0) is 11.3 Å². The molecule has 0 aliphatic heterocycles. The lowest BCUT2D eigenvalue weighted by atomic mass is 9.95. The van der Waals surface area contributed by atoms with E-state index in [1.54, 1.807) is 0 Å². The number of nitrogens with two attached hydrogens (primary N) is 1. The Kier molecular flexibility index (Phi) is 5.60. The smallest absolute Gasteiger partial charge is 0.244 e. The predicted octanol–water partition coefficient (Wildman–Crippen LogP) is 5.29. The molecule has 3 N–H and O–H groups in total. The van der Waals surface area contributed by atoms with E-state index in [0.29, 0.717) is 22.4 Å². The maximum Gasteiger partial charge on any atom is 0.244 e. The number of aromatic nitrogens is 2. The number of nitriles is 2. The molecular weight excluding hydrogens is 448 g/mol. The van der Waals surface area contributed by atoms with Crippen LogP contribution in [0.15, 0.2) is 66.4 Å². The first-order valence-electron chi connectivity index (χ1n) is 11.4. The number of allylic oxidation sites excluding steroid dienone is 3. The normalized spacial score (nSPS) is 13.5. The van der Waals surface area contributed by atoms with Gasteiger partial charge in [0.2, 0.25) is 5.91 Å². The fourth-order valence-corrected chi connectivity index (χ4v) is 4.75. The van der Waals surface area contributed by atoms with E-state index in [9.17, 15) is 15.3 Å². The number of nitrogens with zero attached hydrogens (tertiary/aromatic N) is 4. The second-order valence-electron chi connectivity index (χ2n) is 8.65. The first kappa shape index (κ1) is 22.6. The van der Waals surface area contributed by atoms with Gasteiger partial charge in [0.05, 0.1) is 16.8 Å². The molecule has 5 rings (SSSR count). The van der Waals surface area contributed by atoms with Gasteiger partial charge in [0, 0.05) is 33.9 Å². The minimum absolute atomic E-state index is 0.122. The quantitative estimate of drug-likeness (QED) is 0.420. The Bertz CT molecular complexity index is 1690. The molecule has 1 aliphatic rings. The third-order valence-electron chi connectivity index (χ3n) is 6.47. The highest BCUT2D eigenvalue weighted by Gasteiger charge is 2.30. The third kappa shape index (κ3) is 3.70. The molecule has 0 atom stereocenters. The number of carbonyl (C=O) groups excluding carboxylic acids is 1. The van der Waals surface area contributed by atoms with Crippen molar-refractivity contribution in [2.75, 3.05) is 11.1 Å². The summed E-state index contributed by atoms with van der Waals surface area (Å²) >= 11 is 0. The van der Waals surface area contributed by atoms with Gasteiger partial charge in [0.25, 0.3) is 0 Å². The Morgan fingerprint density at radius 2 is 1.81 bits per heavy atom. The summed E-state index contributed by atoms with van der Waals surface area (Å²) in [5.74, 6) is -0.0130. The molecule has 0 bridgehead atoms. The number of amides is 1. The fourth-order valence-electron chi connectivity index (χ4n) is 4.75. The summed E-state index contributed by atoms with van der Waals surface area (Å²) in [6.07, 6.45) is 3.93. The maximum absolute atomic E-state index is 12.8. The van der Waals surface area contributed by atoms with Crippen molar-refractivity contribution in [3.05, 3.63) is 94.3 Å². The molecule has 36 heavy (non-hydrogen) atoms. The molecule has 0 spiro atoms. The van der Waals surface area contributed by atoms with E-state index in [4.69, 9.17) is 5.73 Å². The van der Waals surface area contributed by atoms with E-state index in [0.717, 1.165) is 38.9 Å². The molecule has 7 heteroatoms. The molecule has 174 valence electrons. The minimum Gasteiger partial charge on any atom is -0.383 e. The summed E-state index contributed by atoms with van der Waals surface area (Å²) in [7, 11) is 0. The van der Waals surface area contributed by atoms with Crippen molar-refractivity contribution < 1.29 is 4.79 Å². The summed E-state index contributed by atoms with van der Waals surface area (Å²) in [5, 5.41) is 23.4. The van der Waals surface area contributed by atoms with Crippen LogP contribution in [0.5, 0.6) is 0 Å². The number of anilines is 2. The first-order chi connectivity index (χ1) is 17.4. The van der Waals surface area contributed by atoms with Gasteiger partial charge in [-0.05, 0) is 54.8 Å². The van der Waals surface area contributed by atoms with Gasteiger partial charge in [-0.3, -0.25) is 4.79 Å². The molecule has 0 unspecified atom stereocenters. The summed E-state index contributed by atoms with van der Waals surface area (Å²) in [5.41, 5.74) is 12.9. The van der Waals surface area contributed by atoms with Crippen molar-refractivity contribution in [1.82, 2.24) is 9.55 Å². The molecule has 0 radical (unpaired) electrons. The lowest BCUT2D eigenvalue weighted by Gasteiger charge is -2.10. The maximum atomic E-state index is 12.8. The number of nitrogen functional groups attached to an aromatic ring is 1. The van der Waals surface area contributed by atoms with Crippen molar-refractivity contribution in [2.24, 2.45) is 0 Å². The molecule has 1 amide bonds. The summed E-state index contributed by atoms with van der Waals surface area (Å²) in [4.78, 5) is 17.2. The van der Waals surface area contributed by atoms with Crippen LogP contribution in [0.25, 0.3) is 28.1 Å². The SMILES string of the molecule is CC1=C(C#N)c2nc(N)c(C#N)c(C)c2/C1=C\c1cn(CC(=O)Nc2ccccc2)c2ccccc12. The summed E-state index contributed by atoms with van der Waals surface area (Å²) in [6, 6.07) is 21.6. The zero-order valence-electron chi connectivity index (χ0n) is 19.8. The molecule has 1 aliphatic carbocycles. The lowest BCUT2D eigenvalue weighted by Crippen LogP contribution is -2.18. The number of fused-ring (bicyclic) bond motifs is 2. The second-order valence-corrected chi connectivity index (χ2v) is 8.65. The van der Waals surface area contributed by atoms with E-state index >= 15 is 0 Å². The molecule has 2 aromatic carbocycles. The highest BCUT2D eigenvalue weighted by atomic mass is 16.1. The number of nitrogens with one attached hydrogen (secondary N) is 1. The second kappa shape index (κ2) is 8.90. The van der Waals surface area contributed by atoms with Gasteiger partial charge >= 0.3 is 0 Å². The molecule has 2 aromatic heterocycles. The molecule has 7 nitrogen and oxygen atoms in total. The van der Waals surface area contributed by atoms with Crippen molar-refractivity contribution in [3.63, 3.8) is 0 Å². The van der Waals surface area contributed by atoms with Crippen LogP contribution in [-0.4, -0.2) is 15.5 Å². The van der Waals surface area contributed by atoms with Crippen LogP contribution >= 0.6 is 0 Å². The predicted molar refractivity (Wildman–Crippen MR) is 141 cm³/mol. The number of pyridine rings is 1. The van der Waals surface area contributed by atoms with Crippen LogP contribution in [0.4, 0.5) is 11.5 Å². The van der Waals surface area contributed by atoms with Crippen LogP contribution in [0.2, 0.25) is 0 Å². The largest absolute Gasteiger partial charge is 0.383 e. The van der Waals surface area contributed by atoms with Crippen molar-refractivity contribution in [3.8, 4) is 12.1 Å². The Balaban J connectivity index is 1.62. The van der Waals surface area contributed by atoms with E-state index in [1.807, 2.05) is 85.3 Å². The van der Waals surface area contributed by atoms with Gasteiger partial charge in [-0.1, -0.05) is 36.4 Å². The number of hydrogen-bond acceptors (Lipinski definition) is 5. The van der Waals surface area contributed by atoms with Gasteiger partial charge in [-0.2, -0.15) is 10.5 Å². The van der Waals surface area contributed by atoms with E-state index in [1.165, 1.54) is 0 Å². The van der Waals surface area contributed by atoms with Crippen LogP contribution in [0.3, 0.4) is 0 Å². The Hall–Kier alpha value is -5.14. The van der Waals surface area contributed by atoms with E-state index in [-0.39, 0.29) is 18.3 Å². The Morgan fingerprint density at radius 1 is 1.08 bits per heavy atom. The van der Waals surface area contributed by atoms with E-state index in [2.05, 4.69) is 22.4 Å². The first-order valence-corrected chi connectivity index (χ1v) is 11.4. The molecule has 0 fully saturated rings. The number of rotatable bonds is 4. The lowest BCUT2D eigenvalue weighted by molar-refractivity contribution is -0.116. The van der Waals surface area contributed by atoms with Gasteiger partial charge < -0.3 is 15.6 Å². The van der Waals surface area contributed by atoms with Gasteiger partial charge in [0.15, 0.2) is 0 Å². The number of para-hydroxylation sites is 2. The molecule has 0 saturated heterocycles. The number of benzene rings is 2. The molecule has 2 heterocycles. The van der Waals surface area contributed by atoms with Crippen LogP contribution in [0.1, 0.15) is 34.9 Å². The van der Waals surface area contributed by atoms with Crippen molar-refractivity contribution >= 4 is 45.5 Å². The van der Waals surface area contributed by atoms with Crippen molar-refractivity contribution in [1.29, 1.82) is 10.5 Å². The number of carbonyl (C=O) groups is 1. The highest BCUT2D eigenvalue weighted by Crippen LogP contribution is 2.44. The van der Waals surface area contributed by atoms with Crippen molar-refractivity contribution in [2.45, 2.75) is 20.4 Å². The fraction of sp³-hybridized carbons (Fsp3) is 0.103. The molecular formula is C29H22N6O. The summed E-state index contributed by atoms with van der Waals surface area (Å²) < 4.78 is 1.91. The van der Waals surface area contributed by atoms with Gasteiger partial charge in [-0.15, -0.1) is 0 Å². The Morgan fingerprint density at radius 3 is 2.53 bits per heavy atom. The highest BCUT2D eigenvalue weighted by molar-refractivity contribution is 6.10. The third-order valence-corrected chi connectivity index (χ3v) is 6.47. The summed E-state index contributed by atoms with van der Waals surface area (Å²) in [6.45, 7) is 3.84. The van der Waals surface area contributed by atoms with Crippen LogP contribution < -0.4 is 11.1 Å². The zero-order chi connectivity index (χ0) is 25.4. The monoisotopic (exact) mass is 470 g/mol. The van der Waals surface area contributed by atoms with Crippen LogP contribution in [0, 0.1) is 29.6 Å². The topological polar surface area (TPSA) is 121 Å². The zero-order valence-corrected chi connectivity index (χ0v) is 19.8. The standard InChI is InChI=1S/C29H22N6O/c1-17-22(27-18(2)24(14-31)29(32)34-28(27)23(17)13-30)12-19-15-35(25-11-7-6-10-21(19)25)16-26(36)33-20-8-4-3-5-9-20/h3-12,15H,16H2,1-2H3,(H2,32,34)(H,33,36)/b22-12-. The average molecular weight is 471 g/mol. The average Bonchev–Trinajstić information content (AvgIpc) is 3.34. The van der Waals surface area contributed by atoms with Gasteiger partial charge in [-0.25, -0.2) is 4.98 Å². The minimum atomic E-state index is -0.135. The number of hydrogen-bond donors (Lipinski definition) is 2.